The number of nitrogens with zero attached hydrogens (tertiary/aromatic N) is 1. The zero-order valence-corrected chi connectivity index (χ0v) is 9.11. The minimum Gasteiger partial charge on any atom is -0.494 e. The average Bonchev–Trinajstić information content (AvgIpc) is 2.75. The monoisotopic (exact) mass is 220 g/mol. The molecule has 0 unspecified atom stereocenters. The highest BCUT2D eigenvalue weighted by Gasteiger charge is 2.12. The number of aromatic nitrogens is 2. The number of benzene rings is 1. The number of carbonyl (C=O) groups excluding carboxylic acids is 1. The van der Waals surface area contributed by atoms with Crippen LogP contribution in [0, 0.1) is 0 Å². The van der Waals surface area contributed by atoms with Gasteiger partial charge in [0.05, 0.1) is 31.1 Å². The predicted molar refractivity (Wildman–Crippen MR) is 58.6 cm³/mol. The van der Waals surface area contributed by atoms with Gasteiger partial charge in [-0.15, -0.1) is 0 Å². The van der Waals surface area contributed by atoms with E-state index in [1.807, 2.05) is 0 Å². The molecular formula is C11H12N2O3. The second-order valence-corrected chi connectivity index (χ2v) is 3.20. The van der Waals surface area contributed by atoms with E-state index in [0.29, 0.717) is 23.4 Å². The lowest BCUT2D eigenvalue weighted by molar-refractivity contribution is 0.0526. The Morgan fingerprint density at radius 2 is 2.31 bits per heavy atom. The lowest BCUT2D eigenvalue weighted by Crippen LogP contribution is -2.04. The third kappa shape index (κ3) is 1.71. The first-order chi connectivity index (χ1) is 7.76. The van der Waals surface area contributed by atoms with Crippen molar-refractivity contribution in [3.63, 3.8) is 0 Å². The Hall–Kier alpha value is -2.04. The van der Waals surface area contributed by atoms with Crippen molar-refractivity contribution in [1.82, 2.24) is 9.97 Å². The highest BCUT2D eigenvalue weighted by molar-refractivity contribution is 5.95. The van der Waals surface area contributed by atoms with Crippen LogP contribution in [0.2, 0.25) is 0 Å². The maximum Gasteiger partial charge on any atom is 0.338 e. The first-order valence-electron chi connectivity index (χ1n) is 4.94. The third-order valence-electron chi connectivity index (χ3n) is 2.22. The molecule has 1 N–H and O–H groups in total. The molecule has 1 aromatic heterocycles. The fourth-order valence-electron chi connectivity index (χ4n) is 1.51. The van der Waals surface area contributed by atoms with Crippen molar-refractivity contribution in [1.29, 1.82) is 0 Å². The number of aromatic amines is 1. The highest BCUT2D eigenvalue weighted by Crippen LogP contribution is 2.24. The summed E-state index contributed by atoms with van der Waals surface area (Å²) < 4.78 is 10.1. The van der Waals surface area contributed by atoms with E-state index >= 15 is 0 Å². The first-order valence-corrected chi connectivity index (χ1v) is 4.94. The summed E-state index contributed by atoms with van der Waals surface area (Å²) in [6.45, 7) is 2.11. The Balaban J connectivity index is 2.51. The number of esters is 1. The van der Waals surface area contributed by atoms with Gasteiger partial charge in [0.25, 0.3) is 0 Å². The van der Waals surface area contributed by atoms with Crippen LogP contribution in [0.15, 0.2) is 18.5 Å². The number of imidazole rings is 1. The average molecular weight is 220 g/mol. The molecule has 0 saturated heterocycles. The lowest BCUT2D eigenvalue weighted by atomic mass is 10.2. The number of methoxy groups -OCH3 is 1. The number of ether oxygens (including phenoxy) is 2. The molecule has 2 aromatic rings. The molecule has 2 rings (SSSR count). The van der Waals surface area contributed by atoms with Crippen molar-refractivity contribution >= 4 is 17.0 Å². The van der Waals surface area contributed by atoms with Gasteiger partial charge in [0.15, 0.2) is 0 Å². The van der Waals surface area contributed by atoms with Gasteiger partial charge < -0.3 is 14.5 Å². The number of carbonyl (C=O) groups is 1. The molecule has 0 fully saturated rings. The van der Waals surface area contributed by atoms with Gasteiger partial charge in [-0.2, -0.15) is 0 Å². The number of nitrogens with one attached hydrogen (secondary N) is 1. The first kappa shape index (κ1) is 10.5. The van der Waals surface area contributed by atoms with E-state index in [4.69, 9.17) is 9.47 Å². The van der Waals surface area contributed by atoms with Crippen LogP contribution < -0.4 is 4.74 Å². The van der Waals surface area contributed by atoms with E-state index in [-0.39, 0.29) is 5.97 Å². The Bertz CT molecular complexity index is 519. The summed E-state index contributed by atoms with van der Waals surface area (Å²) in [6.07, 6.45) is 1.56. The van der Waals surface area contributed by atoms with Crippen LogP contribution >= 0.6 is 0 Å². The molecule has 0 atom stereocenters. The molecule has 16 heavy (non-hydrogen) atoms. The molecule has 0 amide bonds. The largest absolute Gasteiger partial charge is 0.494 e. The molecular weight excluding hydrogens is 208 g/mol. The highest BCUT2D eigenvalue weighted by atomic mass is 16.5. The molecule has 0 bridgehead atoms. The van der Waals surface area contributed by atoms with E-state index in [9.17, 15) is 4.79 Å². The summed E-state index contributed by atoms with van der Waals surface area (Å²) in [5.74, 6) is 0.212. The fraction of sp³-hybridized carbons (Fsp3) is 0.273. The van der Waals surface area contributed by atoms with Gasteiger partial charge in [-0.1, -0.05) is 0 Å². The topological polar surface area (TPSA) is 64.2 Å². The van der Waals surface area contributed by atoms with Crippen molar-refractivity contribution in [2.45, 2.75) is 6.92 Å². The van der Waals surface area contributed by atoms with E-state index in [1.54, 1.807) is 32.5 Å². The lowest BCUT2D eigenvalue weighted by Gasteiger charge is -2.05. The SMILES string of the molecule is CCOC(=O)c1cc(OC)c2[nH]cnc2c1. The smallest absolute Gasteiger partial charge is 0.338 e. The van der Waals surface area contributed by atoms with E-state index < -0.39 is 0 Å². The summed E-state index contributed by atoms with van der Waals surface area (Å²) in [6, 6.07) is 3.31. The van der Waals surface area contributed by atoms with E-state index in [2.05, 4.69) is 9.97 Å². The Morgan fingerprint density at radius 1 is 1.50 bits per heavy atom. The fourth-order valence-corrected chi connectivity index (χ4v) is 1.51. The standard InChI is InChI=1S/C11H12N2O3/c1-3-16-11(14)7-4-8-10(13-6-12-8)9(5-7)15-2/h4-6H,3H2,1-2H3,(H,12,13). The summed E-state index contributed by atoms with van der Waals surface area (Å²) >= 11 is 0. The zero-order valence-electron chi connectivity index (χ0n) is 9.11. The number of hydrogen-bond donors (Lipinski definition) is 1. The molecule has 1 heterocycles. The van der Waals surface area contributed by atoms with Crippen LogP contribution in [0.1, 0.15) is 17.3 Å². The Morgan fingerprint density at radius 3 is 3.00 bits per heavy atom. The van der Waals surface area contributed by atoms with Crippen LogP contribution in [0.4, 0.5) is 0 Å². The second kappa shape index (κ2) is 4.22. The Kier molecular flexibility index (Phi) is 2.76. The van der Waals surface area contributed by atoms with Crippen LogP contribution in [-0.2, 0) is 4.74 Å². The number of rotatable bonds is 3. The molecule has 0 aliphatic heterocycles. The van der Waals surface area contributed by atoms with E-state index in [0.717, 1.165) is 5.52 Å². The van der Waals surface area contributed by atoms with Gasteiger partial charge in [0.1, 0.15) is 11.3 Å². The van der Waals surface area contributed by atoms with Crippen LogP contribution in [0.3, 0.4) is 0 Å². The van der Waals surface area contributed by atoms with Crippen LogP contribution in [0.25, 0.3) is 11.0 Å². The van der Waals surface area contributed by atoms with Gasteiger partial charge in [-0.25, -0.2) is 9.78 Å². The van der Waals surface area contributed by atoms with Crippen LogP contribution in [0.5, 0.6) is 5.75 Å². The number of H-pyrrole nitrogens is 1. The second-order valence-electron chi connectivity index (χ2n) is 3.20. The van der Waals surface area contributed by atoms with Crippen molar-refractivity contribution in [3.8, 4) is 5.75 Å². The summed E-state index contributed by atoms with van der Waals surface area (Å²) in [4.78, 5) is 18.6. The molecule has 1 aromatic carbocycles. The molecule has 84 valence electrons. The molecule has 0 spiro atoms. The van der Waals surface area contributed by atoms with Crippen molar-refractivity contribution < 1.29 is 14.3 Å². The zero-order chi connectivity index (χ0) is 11.5. The predicted octanol–water partition coefficient (Wildman–Crippen LogP) is 1.75. The van der Waals surface area contributed by atoms with Gasteiger partial charge in [-0.05, 0) is 19.1 Å². The van der Waals surface area contributed by atoms with E-state index in [1.165, 1.54) is 0 Å². The minimum atomic E-state index is -0.370. The molecule has 0 radical (unpaired) electrons. The maximum absolute atomic E-state index is 11.6. The van der Waals surface area contributed by atoms with Gasteiger partial charge in [-0.3, -0.25) is 0 Å². The van der Waals surface area contributed by atoms with Crippen LogP contribution in [-0.4, -0.2) is 29.7 Å². The van der Waals surface area contributed by atoms with Gasteiger partial charge in [0, 0.05) is 0 Å². The minimum absolute atomic E-state index is 0.347. The maximum atomic E-state index is 11.6. The normalized spacial score (nSPS) is 10.4. The molecule has 0 saturated carbocycles. The quantitative estimate of drug-likeness (QED) is 0.800. The number of fused-ring (bicyclic) bond motifs is 1. The van der Waals surface area contributed by atoms with Crippen molar-refractivity contribution in [3.05, 3.63) is 24.0 Å². The molecule has 5 nitrogen and oxygen atoms in total. The summed E-state index contributed by atoms with van der Waals surface area (Å²) in [5, 5.41) is 0. The molecule has 0 aliphatic rings. The van der Waals surface area contributed by atoms with Crippen molar-refractivity contribution in [2.75, 3.05) is 13.7 Å². The number of hydrogen-bond acceptors (Lipinski definition) is 4. The third-order valence-corrected chi connectivity index (χ3v) is 2.22. The molecule has 5 heteroatoms. The van der Waals surface area contributed by atoms with Crippen molar-refractivity contribution in [2.24, 2.45) is 0 Å². The Labute approximate surface area is 92.4 Å². The van der Waals surface area contributed by atoms with Gasteiger partial charge in [0.2, 0.25) is 0 Å². The molecule has 0 aliphatic carbocycles. The van der Waals surface area contributed by atoms with Gasteiger partial charge >= 0.3 is 5.97 Å². The summed E-state index contributed by atoms with van der Waals surface area (Å²) in [5.41, 5.74) is 1.90. The summed E-state index contributed by atoms with van der Waals surface area (Å²) in [7, 11) is 1.55.